The Morgan fingerprint density at radius 2 is 0.720 bits per heavy atom. The van der Waals surface area contributed by atoms with E-state index in [2.05, 4.69) is 21.7 Å². The Kier molecular flexibility index (Phi) is 21.0. The molecule has 75 heavy (non-hydrogen) atoms. The Hall–Kier alpha value is -8.08. The number of amides is 2. The van der Waals surface area contributed by atoms with Gasteiger partial charge < -0.3 is 38.3 Å². The van der Waals surface area contributed by atoms with Crippen molar-refractivity contribution >= 4 is 24.1 Å². The normalized spacial score (nSPS) is 12.7. The highest BCUT2D eigenvalue weighted by Gasteiger charge is 2.37. The number of aliphatic carboxylic acids is 1. The topological polar surface area (TPSA) is 201 Å². The minimum Gasteiger partial charge on any atom is -0.485 e. The number of nitrogens with one attached hydrogen (secondary N) is 4. The second-order valence-electron chi connectivity index (χ2n) is 20.0. The van der Waals surface area contributed by atoms with E-state index in [1.54, 1.807) is 66.7 Å². The van der Waals surface area contributed by atoms with Crippen molar-refractivity contribution in [1.82, 2.24) is 21.7 Å². The summed E-state index contributed by atoms with van der Waals surface area (Å²) in [5, 5.41) is 9.91. The van der Waals surface area contributed by atoms with Crippen LogP contribution < -0.4 is 40.7 Å². The molecule has 0 saturated heterocycles. The number of ether oxygens (including phenoxy) is 7. The summed E-state index contributed by atoms with van der Waals surface area (Å²) < 4.78 is 39.9. The molecule has 2 unspecified atom stereocenters. The fourth-order valence-electron chi connectivity index (χ4n) is 7.10. The third-order valence-corrected chi connectivity index (χ3v) is 10.9. The van der Waals surface area contributed by atoms with Crippen molar-refractivity contribution in [2.45, 2.75) is 117 Å². The third-order valence-electron chi connectivity index (χ3n) is 10.9. The maximum Gasteiger partial charge on any atom is 0.422 e. The molecular weight excluding hydrogens is 957 g/mol. The first kappa shape index (κ1) is 57.8. The Morgan fingerprint density at radius 3 is 1.03 bits per heavy atom. The minimum atomic E-state index is -1.51. The molecule has 0 aliphatic heterocycles. The smallest absolute Gasteiger partial charge is 0.422 e. The summed E-state index contributed by atoms with van der Waals surface area (Å²) in [5.41, 5.74) is 11.5. The molecule has 398 valence electrons. The molecule has 0 fully saturated rings. The fraction of sp³-hybridized carbons (Fsp3) is 0.322. The van der Waals surface area contributed by atoms with Crippen LogP contribution in [0.4, 0.5) is 9.59 Å². The molecule has 16 nitrogen and oxygen atoms in total. The lowest BCUT2D eigenvalue weighted by atomic mass is 9.93. The average molecular weight is 1030 g/mol. The van der Waals surface area contributed by atoms with Gasteiger partial charge in [0.1, 0.15) is 48.7 Å². The number of rotatable bonds is 22. The van der Waals surface area contributed by atoms with Crippen molar-refractivity contribution in [1.29, 1.82) is 0 Å². The molecule has 16 heteroatoms. The van der Waals surface area contributed by atoms with Gasteiger partial charge in [-0.25, -0.2) is 25.2 Å². The van der Waals surface area contributed by atoms with E-state index < -0.39 is 46.4 Å². The standard InChI is InChI=1S/C30H36N2O6.C29H34N2O6/c1-29(2,3)38-28(34)31-32-30(4,27(33)35-5)19-24-16-17-25(36-20-22-12-8-6-9-13-22)26(18-24)37-21-23-14-10-7-11-15-23;1-28(2,3)37-27(34)30-31-29(4,26(32)33)18-23-15-16-24(35-19-21-11-7-5-8-12-21)25(17-23)36-20-22-13-9-6-10-14-22/h6-18,32H,19-21H2,1-5H3,(H,31,34);5-17,31H,18-20H2,1-4H3,(H,30,34)(H,32,33). The molecule has 5 N–H and O–H groups in total. The van der Waals surface area contributed by atoms with Gasteiger partial charge in [0.15, 0.2) is 23.0 Å². The number of methoxy groups -OCH3 is 1. The summed E-state index contributed by atoms with van der Waals surface area (Å²) in [6.07, 6.45) is -1.23. The summed E-state index contributed by atoms with van der Waals surface area (Å²) in [7, 11) is 1.30. The average Bonchev–Trinajstić information content (AvgIpc) is 3.38. The molecule has 0 radical (unpaired) electrons. The van der Waals surface area contributed by atoms with Crippen molar-refractivity contribution in [3.63, 3.8) is 0 Å². The van der Waals surface area contributed by atoms with Crippen molar-refractivity contribution in [2.75, 3.05) is 7.11 Å². The lowest BCUT2D eigenvalue weighted by Gasteiger charge is -2.29. The molecule has 2 amide bonds. The molecule has 6 aromatic carbocycles. The molecule has 0 heterocycles. The zero-order valence-corrected chi connectivity index (χ0v) is 44.2. The van der Waals surface area contributed by atoms with Crippen LogP contribution in [0, 0.1) is 0 Å². The van der Waals surface area contributed by atoms with E-state index in [9.17, 15) is 24.3 Å². The van der Waals surface area contributed by atoms with E-state index in [0.717, 1.165) is 27.8 Å². The van der Waals surface area contributed by atoms with Crippen molar-refractivity contribution in [3.05, 3.63) is 191 Å². The maximum absolute atomic E-state index is 12.7. The molecule has 0 saturated carbocycles. The van der Waals surface area contributed by atoms with E-state index in [4.69, 9.17) is 33.2 Å². The molecular formula is C59H70N4O12. The Labute approximate surface area is 439 Å². The SMILES string of the molecule is CC(C)(C)OC(=O)NNC(C)(Cc1ccc(OCc2ccccc2)c(OCc2ccccc2)c1)C(=O)O.COC(=O)C(C)(Cc1ccc(OCc2ccccc2)c(OCc2ccccc2)c1)NNC(=O)OC(C)(C)C. The first-order valence-electron chi connectivity index (χ1n) is 24.4. The summed E-state index contributed by atoms with van der Waals surface area (Å²) in [6, 6.07) is 50.0. The largest absolute Gasteiger partial charge is 0.485 e. The van der Waals surface area contributed by atoms with Crippen LogP contribution in [0.1, 0.15) is 88.8 Å². The third kappa shape index (κ3) is 20.0. The van der Waals surface area contributed by atoms with Crippen LogP contribution in [-0.4, -0.2) is 58.6 Å². The van der Waals surface area contributed by atoms with Crippen LogP contribution in [-0.2, 0) is 63.1 Å². The predicted octanol–water partition coefficient (Wildman–Crippen LogP) is 10.6. The lowest BCUT2D eigenvalue weighted by molar-refractivity contribution is -0.148. The van der Waals surface area contributed by atoms with E-state index in [-0.39, 0.29) is 12.8 Å². The van der Waals surface area contributed by atoms with Gasteiger partial charge in [-0.15, -0.1) is 0 Å². The molecule has 0 bridgehead atoms. The number of carboxylic acids is 1. The van der Waals surface area contributed by atoms with Gasteiger partial charge in [0.2, 0.25) is 0 Å². The van der Waals surface area contributed by atoms with Crippen LogP contribution in [0.25, 0.3) is 0 Å². The number of hydrazine groups is 2. The van der Waals surface area contributed by atoms with Gasteiger partial charge in [-0.1, -0.05) is 133 Å². The molecule has 0 aliphatic rings. The zero-order valence-electron chi connectivity index (χ0n) is 44.2. The number of carbonyl (C=O) groups is 4. The quantitative estimate of drug-likeness (QED) is 0.0244. The zero-order chi connectivity index (χ0) is 54.5. The van der Waals surface area contributed by atoms with Gasteiger partial charge in [-0.2, -0.15) is 0 Å². The summed E-state index contributed by atoms with van der Waals surface area (Å²) >= 11 is 0. The number of benzene rings is 6. The van der Waals surface area contributed by atoms with E-state index in [0.29, 0.717) is 55.0 Å². The fourth-order valence-corrected chi connectivity index (χ4v) is 7.10. The second-order valence-corrected chi connectivity index (χ2v) is 20.0. The van der Waals surface area contributed by atoms with Gasteiger partial charge in [0.05, 0.1) is 7.11 Å². The minimum absolute atomic E-state index is 0.0544. The van der Waals surface area contributed by atoms with E-state index in [1.807, 2.05) is 140 Å². The molecule has 6 rings (SSSR count). The van der Waals surface area contributed by atoms with Crippen molar-refractivity contribution < 1.29 is 57.4 Å². The van der Waals surface area contributed by atoms with Crippen LogP contribution in [0.2, 0.25) is 0 Å². The predicted molar refractivity (Wildman–Crippen MR) is 285 cm³/mol. The Balaban J connectivity index is 0.000000277. The number of carbonyl (C=O) groups excluding carboxylic acids is 3. The number of hydrogen-bond acceptors (Lipinski definition) is 13. The van der Waals surface area contributed by atoms with Gasteiger partial charge in [-0.05, 0) is 113 Å². The van der Waals surface area contributed by atoms with Gasteiger partial charge in [-0.3, -0.25) is 15.6 Å². The summed E-state index contributed by atoms with van der Waals surface area (Å²) in [6.45, 7) is 15.0. The molecule has 0 aliphatic carbocycles. The maximum atomic E-state index is 12.7. The first-order chi connectivity index (χ1) is 35.6. The van der Waals surface area contributed by atoms with Gasteiger partial charge >= 0.3 is 24.1 Å². The Bertz CT molecular complexity index is 2750. The lowest BCUT2D eigenvalue weighted by Crippen LogP contribution is -2.59. The number of carboxylic acid groups (broad SMARTS) is 1. The van der Waals surface area contributed by atoms with Gasteiger partial charge in [0, 0.05) is 12.8 Å². The highest BCUT2D eigenvalue weighted by atomic mass is 16.6. The molecule has 0 spiro atoms. The highest BCUT2D eigenvalue weighted by molar-refractivity contribution is 5.81. The summed E-state index contributed by atoms with van der Waals surface area (Å²) in [4.78, 5) is 49.1. The van der Waals surface area contributed by atoms with Crippen LogP contribution in [0.5, 0.6) is 23.0 Å². The molecule has 2 atom stereocenters. The Morgan fingerprint density at radius 1 is 0.413 bits per heavy atom. The van der Waals surface area contributed by atoms with Crippen molar-refractivity contribution in [3.8, 4) is 23.0 Å². The van der Waals surface area contributed by atoms with Crippen LogP contribution in [0.3, 0.4) is 0 Å². The number of esters is 1. The first-order valence-corrected chi connectivity index (χ1v) is 24.4. The molecule has 6 aromatic rings. The van der Waals surface area contributed by atoms with Crippen LogP contribution >= 0.6 is 0 Å². The van der Waals surface area contributed by atoms with Crippen molar-refractivity contribution in [2.24, 2.45) is 0 Å². The molecule has 0 aromatic heterocycles. The van der Waals surface area contributed by atoms with Crippen LogP contribution in [0.15, 0.2) is 158 Å². The summed E-state index contributed by atoms with van der Waals surface area (Å²) in [5.74, 6) is 0.456. The monoisotopic (exact) mass is 1030 g/mol. The van der Waals surface area contributed by atoms with E-state index >= 15 is 0 Å². The number of hydrogen-bond donors (Lipinski definition) is 5. The highest BCUT2D eigenvalue weighted by Crippen LogP contribution is 2.33. The van der Waals surface area contributed by atoms with Gasteiger partial charge in [0.25, 0.3) is 0 Å². The van der Waals surface area contributed by atoms with E-state index in [1.165, 1.54) is 14.0 Å². The second kappa shape index (κ2) is 27.3.